The molecule has 3 rings (SSSR count). The molecule has 11 nitrogen and oxygen atoms in total. The van der Waals surface area contributed by atoms with Crippen LogP contribution in [-0.4, -0.2) is 68.0 Å². The molecule has 0 saturated heterocycles. The van der Waals surface area contributed by atoms with Gasteiger partial charge in [0.2, 0.25) is 12.1 Å². The lowest BCUT2D eigenvalue weighted by atomic mass is 10.0. The van der Waals surface area contributed by atoms with Gasteiger partial charge in [0.1, 0.15) is 18.7 Å². The summed E-state index contributed by atoms with van der Waals surface area (Å²) in [5.74, 6) is -1.86. The normalized spacial score (nSPS) is 12.8. The molecule has 3 aromatic rings. The van der Waals surface area contributed by atoms with Crippen LogP contribution in [0, 0.1) is 5.92 Å². The van der Waals surface area contributed by atoms with Crippen molar-refractivity contribution in [3.05, 3.63) is 108 Å². The molecule has 0 fully saturated rings. The molecule has 3 N–H and O–H groups in total. The lowest BCUT2D eigenvalue weighted by Gasteiger charge is -2.27. The van der Waals surface area contributed by atoms with E-state index in [2.05, 4.69) is 16.0 Å². The highest BCUT2D eigenvalue weighted by Gasteiger charge is 2.32. The first-order valence-corrected chi connectivity index (χ1v) is 14.7. The number of carbonyl (C=O) groups is 4. The van der Waals surface area contributed by atoms with Gasteiger partial charge in [0.05, 0.1) is 13.7 Å². The summed E-state index contributed by atoms with van der Waals surface area (Å²) in [4.78, 5) is 58.2. The Morgan fingerprint density at radius 1 is 0.689 bits per heavy atom. The fourth-order valence-corrected chi connectivity index (χ4v) is 4.27. The third-order valence-corrected chi connectivity index (χ3v) is 6.69. The number of likely N-dealkylation sites (N-methyl/N-ethyl adjacent to an activating group) is 1. The van der Waals surface area contributed by atoms with Crippen molar-refractivity contribution in [3.63, 3.8) is 0 Å². The summed E-state index contributed by atoms with van der Waals surface area (Å²) in [5.41, 5.74) is 2.38. The SMILES string of the molecule is CON(C)C(=O)C(Cc1ccccc1)NC(=O)C(NC(=O)C(Cc1ccccc1)NC(=O)OCc1ccccc1)OCC(C)C. The minimum Gasteiger partial charge on any atom is -0.445 e. The minimum atomic E-state index is -1.46. The first kappa shape index (κ1) is 34.7. The second-order valence-corrected chi connectivity index (χ2v) is 10.8. The Balaban J connectivity index is 1.78. The van der Waals surface area contributed by atoms with Gasteiger partial charge >= 0.3 is 6.09 Å². The molecule has 0 bridgehead atoms. The van der Waals surface area contributed by atoms with Crippen LogP contribution in [-0.2, 0) is 48.1 Å². The van der Waals surface area contributed by atoms with Crippen LogP contribution in [0.1, 0.15) is 30.5 Å². The number of carbonyl (C=O) groups excluding carboxylic acids is 4. The molecule has 0 aromatic heterocycles. The van der Waals surface area contributed by atoms with Crippen LogP contribution in [0.25, 0.3) is 0 Å². The van der Waals surface area contributed by atoms with Crippen LogP contribution in [0.3, 0.4) is 0 Å². The van der Waals surface area contributed by atoms with Crippen LogP contribution in [0.4, 0.5) is 4.79 Å². The maximum atomic E-state index is 13.6. The predicted molar refractivity (Wildman–Crippen MR) is 168 cm³/mol. The van der Waals surface area contributed by atoms with Crippen LogP contribution < -0.4 is 16.0 Å². The number of benzene rings is 3. The van der Waals surface area contributed by atoms with E-state index in [1.807, 2.05) is 105 Å². The Labute approximate surface area is 264 Å². The fraction of sp³-hybridized carbons (Fsp3) is 0.353. The second kappa shape index (κ2) is 18.2. The van der Waals surface area contributed by atoms with Crippen LogP contribution >= 0.6 is 0 Å². The largest absolute Gasteiger partial charge is 0.445 e. The number of hydrogen-bond donors (Lipinski definition) is 3. The summed E-state index contributed by atoms with van der Waals surface area (Å²) in [6, 6.07) is 25.3. The second-order valence-electron chi connectivity index (χ2n) is 10.8. The monoisotopic (exact) mass is 618 g/mol. The van der Waals surface area contributed by atoms with Crippen molar-refractivity contribution >= 4 is 23.8 Å². The Morgan fingerprint density at radius 3 is 1.71 bits per heavy atom. The zero-order valence-corrected chi connectivity index (χ0v) is 26.1. The summed E-state index contributed by atoms with van der Waals surface area (Å²) in [5, 5.41) is 8.99. The highest BCUT2D eigenvalue weighted by Crippen LogP contribution is 2.09. The Kier molecular flexibility index (Phi) is 14.0. The van der Waals surface area contributed by atoms with E-state index in [-0.39, 0.29) is 32.0 Å². The topological polar surface area (TPSA) is 135 Å². The third-order valence-electron chi connectivity index (χ3n) is 6.69. The summed E-state index contributed by atoms with van der Waals surface area (Å²) >= 11 is 0. The van der Waals surface area contributed by atoms with E-state index in [0.717, 1.165) is 21.8 Å². The standard InChI is InChI=1S/C34H42N4O7/c1-24(2)22-44-32(31(40)35-29(33(41)38(3)43-4)21-26-16-10-6-11-17-26)37-30(39)28(20-25-14-8-5-9-15-25)36-34(42)45-23-27-18-12-7-13-19-27/h5-19,24,28-29,32H,20-23H2,1-4H3,(H,35,40)(H,36,42)(H,37,39). The third kappa shape index (κ3) is 12.0. The van der Waals surface area contributed by atoms with Gasteiger partial charge in [-0.25, -0.2) is 9.86 Å². The lowest BCUT2D eigenvalue weighted by Crippen LogP contribution is -2.58. The van der Waals surface area contributed by atoms with Gasteiger partial charge < -0.3 is 25.4 Å². The van der Waals surface area contributed by atoms with E-state index < -0.39 is 42.1 Å². The number of nitrogens with one attached hydrogen (secondary N) is 3. The van der Waals surface area contributed by atoms with Gasteiger partial charge in [0, 0.05) is 19.9 Å². The first-order chi connectivity index (χ1) is 21.7. The Morgan fingerprint density at radius 2 is 1.20 bits per heavy atom. The van der Waals surface area contributed by atoms with Gasteiger partial charge in [-0.3, -0.25) is 19.2 Å². The smallest absolute Gasteiger partial charge is 0.408 e. The van der Waals surface area contributed by atoms with Gasteiger partial charge in [-0.05, 0) is 22.6 Å². The molecule has 0 aliphatic rings. The molecule has 0 aliphatic carbocycles. The molecule has 0 saturated carbocycles. The van der Waals surface area contributed by atoms with E-state index in [4.69, 9.17) is 14.3 Å². The van der Waals surface area contributed by atoms with E-state index in [1.165, 1.54) is 14.2 Å². The van der Waals surface area contributed by atoms with Crippen molar-refractivity contribution in [3.8, 4) is 0 Å². The predicted octanol–water partition coefficient (Wildman–Crippen LogP) is 3.39. The number of alkyl carbamates (subject to hydrolysis) is 1. The summed E-state index contributed by atoms with van der Waals surface area (Å²) in [6.45, 7) is 3.95. The van der Waals surface area contributed by atoms with Crippen molar-refractivity contribution in [1.82, 2.24) is 21.0 Å². The molecule has 45 heavy (non-hydrogen) atoms. The van der Waals surface area contributed by atoms with Crippen LogP contribution in [0.15, 0.2) is 91.0 Å². The van der Waals surface area contributed by atoms with E-state index in [9.17, 15) is 19.2 Å². The molecule has 4 amide bonds. The Bertz CT molecular complexity index is 1360. The van der Waals surface area contributed by atoms with Crippen molar-refractivity contribution in [2.75, 3.05) is 20.8 Å². The van der Waals surface area contributed by atoms with Gasteiger partial charge in [-0.2, -0.15) is 0 Å². The molecule has 0 radical (unpaired) electrons. The average Bonchev–Trinajstić information content (AvgIpc) is 3.05. The lowest BCUT2D eigenvalue weighted by molar-refractivity contribution is -0.172. The Hall–Kier alpha value is -4.74. The summed E-state index contributed by atoms with van der Waals surface area (Å²) < 4.78 is 11.2. The first-order valence-electron chi connectivity index (χ1n) is 14.7. The van der Waals surface area contributed by atoms with Crippen LogP contribution in [0.2, 0.25) is 0 Å². The minimum absolute atomic E-state index is 0.0155. The maximum Gasteiger partial charge on any atom is 0.408 e. The van der Waals surface area contributed by atoms with Gasteiger partial charge in [0.15, 0.2) is 0 Å². The summed E-state index contributed by atoms with van der Waals surface area (Å²) in [7, 11) is 2.79. The number of ether oxygens (including phenoxy) is 2. The van der Waals surface area contributed by atoms with Crippen LogP contribution in [0.5, 0.6) is 0 Å². The molecular formula is C34H42N4O7. The average molecular weight is 619 g/mol. The van der Waals surface area contributed by atoms with E-state index in [1.54, 1.807) is 0 Å². The number of nitrogens with zero attached hydrogens (tertiary/aromatic N) is 1. The quantitative estimate of drug-likeness (QED) is 0.166. The van der Waals surface area contributed by atoms with Crippen molar-refractivity contribution in [2.45, 2.75) is 51.6 Å². The van der Waals surface area contributed by atoms with Gasteiger partial charge in [-0.1, -0.05) is 105 Å². The molecule has 0 spiro atoms. The molecule has 3 aromatic carbocycles. The molecule has 3 unspecified atom stereocenters. The fourth-order valence-electron chi connectivity index (χ4n) is 4.27. The number of rotatable bonds is 16. The molecular weight excluding hydrogens is 576 g/mol. The molecule has 0 aliphatic heterocycles. The zero-order chi connectivity index (χ0) is 32.6. The number of hydroxylamine groups is 2. The highest BCUT2D eigenvalue weighted by atomic mass is 16.7. The molecule has 0 heterocycles. The number of amides is 4. The molecule has 3 atom stereocenters. The molecule has 240 valence electrons. The number of hydrogen-bond acceptors (Lipinski definition) is 7. The van der Waals surface area contributed by atoms with E-state index in [0.29, 0.717) is 0 Å². The van der Waals surface area contributed by atoms with Crippen molar-refractivity contribution in [1.29, 1.82) is 0 Å². The van der Waals surface area contributed by atoms with Crippen molar-refractivity contribution < 1.29 is 33.5 Å². The van der Waals surface area contributed by atoms with E-state index >= 15 is 0 Å². The summed E-state index contributed by atoms with van der Waals surface area (Å²) in [6.07, 6.45) is -1.95. The highest BCUT2D eigenvalue weighted by molar-refractivity contribution is 5.93. The molecule has 11 heteroatoms. The van der Waals surface area contributed by atoms with Gasteiger partial charge in [0.25, 0.3) is 11.8 Å². The zero-order valence-electron chi connectivity index (χ0n) is 26.1. The van der Waals surface area contributed by atoms with Gasteiger partial charge in [-0.15, -0.1) is 0 Å². The maximum absolute atomic E-state index is 13.6. The van der Waals surface area contributed by atoms with Crippen molar-refractivity contribution in [2.24, 2.45) is 5.92 Å².